The minimum absolute atomic E-state index is 0.539. The Hall–Kier alpha value is -2.57. The maximum Gasteiger partial charge on any atom is 0.416 e. The van der Waals surface area contributed by atoms with Gasteiger partial charge in [-0.15, -0.1) is 0 Å². The highest BCUT2D eigenvalue weighted by molar-refractivity contribution is 5.25. The standard InChI is InChI=1S/C24H27F3N2O/c1-30-16-6-14-28(17-20-7-3-2-4-8-20)19-23-9-5-15-29(23)18-21-10-12-22(13-11-21)24(25,26)27/h2-5,7-13,15H,6,14,16-19H2,1H3. The molecule has 0 spiro atoms. The van der Waals surface area contributed by atoms with Crippen LogP contribution in [0.5, 0.6) is 0 Å². The molecule has 2 aromatic carbocycles. The molecule has 6 heteroatoms. The lowest BCUT2D eigenvalue weighted by Gasteiger charge is -2.23. The molecule has 0 aliphatic heterocycles. The molecule has 3 rings (SSSR count). The van der Waals surface area contributed by atoms with Crippen molar-refractivity contribution in [3.8, 4) is 0 Å². The van der Waals surface area contributed by atoms with Gasteiger partial charge < -0.3 is 9.30 Å². The topological polar surface area (TPSA) is 17.4 Å². The van der Waals surface area contributed by atoms with E-state index in [1.165, 1.54) is 5.56 Å². The van der Waals surface area contributed by atoms with Gasteiger partial charge in [0, 0.05) is 51.8 Å². The smallest absolute Gasteiger partial charge is 0.385 e. The number of benzene rings is 2. The molecule has 3 nitrogen and oxygen atoms in total. The first-order valence-corrected chi connectivity index (χ1v) is 10.0. The van der Waals surface area contributed by atoms with Gasteiger partial charge >= 0.3 is 6.18 Å². The van der Waals surface area contributed by atoms with Crippen LogP contribution in [0.15, 0.2) is 72.9 Å². The second-order valence-electron chi connectivity index (χ2n) is 7.36. The molecule has 30 heavy (non-hydrogen) atoms. The maximum absolute atomic E-state index is 12.8. The summed E-state index contributed by atoms with van der Waals surface area (Å²) in [7, 11) is 1.71. The van der Waals surface area contributed by atoms with Crippen molar-refractivity contribution in [2.75, 3.05) is 20.3 Å². The Morgan fingerprint density at radius 1 is 0.867 bits per heavy atom. The molecule has 160 valence electrons. The molecule has 0 radical (unpaired) electrons. The maximum atomic E-state index is 12.8. The van der Waals surface area contributed by atoms with Crippen LogP contribution < -0.4 is 0 Å². The van der Waals surface area contributed by atoms with Crippen molar-refractivity contribution in [2.45, 2.75) is 32.2 Å². The molecule has 3 aromatic rings. The van der Waals surface area contributed by atoms with Crippen LogP contribution >= 0.6 is 0 Å². The third-order valence-electron chi connectivity index (χ3n) is 5.02. The number of ether oxygens (including phenoxy) is 1. The molecule has 0 amide bonds. The first-order valence-electron chi connectivity index (χ1n) is 10.0. The van der Waals surface area contributed by atoms with Crippen molar-refractivity contribution in [2.24, 2.45) is 0 Å². The summed E-state index contributed by atoms with van der Waals surface area (Å²) in [4.78, 5) is 2.37. The molecule has 0 aliphatic rings. The average molecular weight is 416 g/mol. The molecule has 0 unspecified atom stereocenters. The van der Waals surface area contributed by atoms with Gasteiger partial charge in [-0.25, -0.2) is 0 Å². The zero-order chi connectivity index (χ0) is 21.4. The van der Waals surface area contributed by atoms with E-state index in [4.69, 9.17) is 4.74 Å². The first-order chi connectivity index (χ1) is 14.5. The average Bonchev–Trinajstić information content (AvgIpc) is 3.15. The lowest BCUT2D eigenvalue weighted by Crippen LogP contribution is -2.26. The predicted molar refractivity (Wildman–Crippen MR) is 112 cm³/mol. The molecule has 0 saturated carbocycles. The van der Waals surface area contributed by atoms with Gasteiger partial charge in [-0.05, 0) is 41.8 Å². The van der Waals surface area contributed by atoms with E-state index in [1.54, 1.807) is 19.2 Å². The van der Waals surface area contributed by atoms with E-state index >= 15 is 0 Å². The number of rotatable bonds is 10. The fraction of sp³-hybridized carbons (Fsp3) is 0.333. The van der Waals surface area contributed by atoms with Crippen LogP contribution in [0.25, 0.3) is 0 Å². The number of nitrogens with zero attached hydrogens (tertiary/aromatic N) is 2. The first kappa shape index (κ1) is 22.1. The molecule has 0 aliphatic carbocycles. The van der Waals surface area contributed by atoms with Crippen molar-refractivity contribution in [3.05, 3.63) is 95.3 Å². The molecule has 0 saturated heterocycles. The van der Waals surface area contributed by atoms with Crippen molar-refractivity contribution >= 4 is 0 Å². The molecule has 1 heterocycles. The predicted octanol–water partition coefficient (Wildman–Crippen LogP) is 5.59. The Bertz CT molecular complexity index is 889. The van der Waals surface area contributed by atoms with Gasteiger partial charge in [-0.3, -0.25) is 4.90 Å². The van der Waals surface area contributed by atoms with Gasteiger partial charge in [0.15, 0.2) is 0 Å². The fourth-order valence-electron chi connectivity index (χ4n) is 3.46. The SMILES string of the molecule is COCCCN(Cc1ccccc1)Cc1cccn1Cc1ccc(C(F)(F)F)cc1. The quantitative estimate of drug-likeness (QED) is 0.401. The summed E-state index contributed by atoms with van der Waals surface area (Å²) < 4.78 is 45.7. The Morgan fingerprint density at radius 3 is 2.27 bits per heavy atom. The summed E-state index contributed by atoms with van der Waals surface area (Å²) in [5.41, 5.74) is 2.60. The second kappa shape index (κ2) is 10.5. The van der Waals surface area contributed by atoms with Crippen LogP contribution in [-0.2, 0) is 30.5 Å². The molecule has 0 N–H and O–H groups in total. The van der Waals surface area contributed by atoms with Crippen molar-refractivity contribution in [1.29, 1.82) is 0 Å². The van der Waals surface area contributed by atoms with Gasteiger partial charge in [0.2, 0.25) is 0 Å². The van der Waals surface area contributed by atoms with Gasteiger partial charge in [0.1, 0.15) is 0 Å². The summed E-state index contributed by atoms with van der Waals surface area (Å²) in [6.45, 7) is 3.73. The highest BCUT2D eigenvalue weighted by atomic mass is 19.4. The second-order valence-corrected chi connectivity index (χ2v) is 7.36. The fourth-order valence-corrected chi connectivity index (χ4v) is 3.46. The molecule has 0 bridgehead atoms. The minimum Gasteiger partial charge on any atom is -0.385 e. The summed E-state index contributed by atoms with van der Waals surface area (Å²) >= 11 is 0. The Balaban J connectivity index is 1.69. The van der Waals surface area contributed by atoms with Crippen LogP contribution in [0.2, 0.25) is 0 Å². The minimum atomic E-state index is -4.31. The van der Waals surface area contributed by atoms with Crippen molar-refractivity contribution < 1.29 is 17.9 Å². The monoisotopic (exact) mass is 416 g/mol. The van der Waals surface area contributed by atoms with Crippen molar-refractivity contribution in [1.82, 2.24) is 9.47 Å². The van der Waals surface area contributed by atoms with E-state index in [1.807, 2.05) is 30.5 Å². The third-order valence-corrected chi connectivity index (χ3v) is 5.02. The van der Waals surface area contributed by atoms with Crippen LogP contribution in [0, 0.1) is 0 Å². The van der Waals surface area contributed by atoms with E-state index in [-0.39, 0.29) is 0 Å². The van der Waals surface area contributed by atoms with E-state index < -0.39 is 11.7 Å². The molecular weight excluding hydrogens is 389 g/mol. The number of hydrogen-bond acceptors (Lipinski definition) is 2. The number of aromatic nitrogens is 1. The van der Waals surface area contributed by atoms with Crippen LogP contribution in [-0.4, -0.2) is 29.7 Å². The van der Waals surface area contributed by atoms with Crippen LogP contribution in [0.1, 0.15) is 28.8 Å². The van der Waals surface area contributed by atoms with E-state index in [2.05, 4.69) is 27.7 Å². The number of hydrogen-bond donors (Lipinski definition) is 0. The van der Waals surface area contributed by atoms with Crippen molar-refractivity contribution in [3.63, 3.8) is 0 Å². The Labute approximate surface area is 175 Å². The van der Waals surface area contributed by atoms with Gasteiger partial charge in [0.25, 0.3) is 0 Å². The van der Waals surface area contributed by atoms with Gasteiger partial charge in [0.05, 0.1) is 5.56 Å². The highest BCUT2D eigenvalue weighted by Crippen LogP contribution is 2.29. The number of alkyl halides is 3. The van der Waals surface area contributed by atoms with Crippen LogP contribution in [0.4, 0.5) is 13.2 Å². The van der Waals surface area contributed by atoms with E-state index in [0.29, 0.717) is 13.2 Å². The molecule has 0 fully saturated rings. The summed E-state index contributed by atoms with van der Waals surface area (Å²) in [5, 5.41) is 0. The largest absolute Gasteiger partial charge is 0.416 e. The Morgan fingerprint density at radius 2 is 1.60 bits per heavy atom. The van der Waals surface area contributed by atoms with Gasteiger partial charge in [-0.2, -0.15) is 13.2 Å². The number of methoxy groups -OCH3 is 1. The zero-order valence-electron chi connectivity index (χ0n) is 17.1. The molecule has 1 aromatic heterocycles. The lowest BCUT2D eigenvalue weighted by molar-refractivity contribution is -0.137. The van der Waals surface area contributed by atoms with E-state index in [0.717, 1.165) is 49.4 Å². The zero-order valence-corrected chi connectivity index (χ0v) is 17.1. The summed E-state index contributed by atoms with van der Waals surface area (Å²) in [6, 6.07) is 19.7. The van der Waals surface area contributed by atoms with E-state index in [9.17, 15) is 13.2 Å². The van der Waals surface area contributed by atoms with Crippen LogP contribution in [0.3, 0.4) is 0 Å². The van der Waals surface area contributed by atoms with Gasteiger partial charge in [-0.1, -0.05) is 42.5 Å². The third kappa shape index (κ3) is 6.47. The molecular formula is C24H27F3N2O. The normalized spacial score (nSPS) is 11.9. The highest BCUT2D eigenvalue weighted by Gasteiger charge is 2.29. The lowest BCUT2D eigenvalue weighted by atomic mass is 10.1. The number of halogens is 3. The summed E-state index contributed by atoms with van der Waals surface area (Å²) in [5.74, 6) is 0. The molecule has 0 atom stereocenters. The Kier molecular flexibility index (Phi) is 7.71. The summed E-state index contributed by atoms with van der Waals surface area (Å²) in [6.07, 6.45) is -1.40.